The Kier molecular flexibility index (Phi) is 4.77. The van der Waals surface area contributed by atoms with Gasteiger partial charge in [-0.3, -0.25) is 14.2 Å². The largest absolute Gasteiger partial charge is 0.348 e. The summed E-state index contributed by atoms with van der Waals surface area (Å²) in [6, 6.07) is 22.0. The van der Waals surface area contributed by atoms with Crippen molar-refractivity contribution in [3.05, 3.63) is 94.5 Å². The van der Waals surface area contributed by atoms with E-state index in [1.807, 2.05) is 54.6 Å². The highest BCUT2D eigenvalue weighted by Gasteiger charge is 2.23. The fraction of sp³-hybridized carbons (Fsp3) is 0.154. The van der Waals surface area contributed by atoms with E-state index in [9.17, 15) is 9.59 Å². The first kappa shape index (κ1) is 19.8. The van der Waals surface area contributed by atoms with Crippen LogP contribution in [0.3, 0.4) is 0 Å². The zero-order valence-corrected chi connectivity index (χ0v) is 18.5. The first-order chi connectivity index (χ1) is 16.2. The van der Waals surface area contributed by atoms with Crippen LogP contribution in [-0.2, 0) is 17.8 Å². The molecule has 2 aromatic carbocycles. The lowest BCUT2D eigenvalue weighted by atomic mass is 10.1. The minimum Gasteiger partial charge on any atom is -0.348 e. The van der Waals surface area contributed by atoms with E-state index in [2.05, 4.69) is 22.4 Å². The van der Waals surface area contributed by atoms with Crippen molar-refractivity contribution in [3.8, 4) is 11.3 Å². The molecule has 1 aliphatic rings. The number of thiophene rings is 1. The first-order valence-electron chi connectivity index (χ1n) is 10.9. The number of nitrogens with one attached hydrogen (secondary N) is 1. The maximum absolute atomic E-state index is 13.1. The summed E-state index contributed by atoms with van der Waals surface area (Å²) in [6.07, 6.45) is 3.29. The summed E-state index contributed by atoms with van der Waals surface area (Å²) in [4.78, 5) is 35.9. The van der Waals surface area contributed by atoms with E-state index in [-0.39, 0.29) is 24.1 Å². The maximum atomic E-state index is 13.1. The predicted molar refractivity (Wildman–Crippen MR) is 130 cm³/mol. The number of fused-ring (bicyclic) bond motifs is 4. The maximum Gasteiger partial charge on any atom is 0.271 e. The van der Waals surface area contributed by atoms with Crippen molar-refractivity contribution in [2.45, 2.75) is 25.4 Å². The van der Waals surface area contributed by atoms with E-state index in [1.165, 1.54) is 27.8 Å². The number of nitrogens with zero attached hydrogens (tertiary/aromatic N) is 3. The van der Waals surface area contributed by atoms with Crippen molar-refractivity contribution in [1.82, 2.24) is 19.9 Å². The molecule has 7 heteroatoms. The summed E-state index contributed by atoms with van der Waals surface area (Å²) < 4.78 is 1.90. The molecule has 3 heterocycles. The molecule has 0 spiro atoms. The minimum absolute atomic E-state index is 0.00831. The van der Waals surface area contributed by atoms with Gasteiger partial charge in [0.25, 0.3) is 5.56 Å². The second kappa shape index (κ2) is 7.94. The first-order valence-corrected chi connectivity index (χ1v) is 11.7. The second-order valence-electron chi connectivity index (χ2n) is 8.23. The minimum atomic E-state index is -0.216. The lowest BCUT2D eigenvalue weighted by molar-refractivity contribution is -0.122. The topological polar surface area (TPSA) is 76.9 Å². The number of hydrogen-bond acceptors (Lipinski definition) is 5. The van der Waals surface area contributed by atoms with E-state index in [0.29, 0.717) is 10.2 Å². The van der Waals surface area contributed by atoms with Crippen LogP contribution < -0.4 is 10.9 Å². The monoisotopic (exact) mass is 452 g/mol. The Morgan fingerprint density at radius 1 is 1.06 bits per heavy atom. The summed E-state index contributed by atoms with van der Waals surface area (Å²) in [5.41, 5.74) is 4.73. The summed E-state index contributed by atoms with van der Waals surface area (Å²) in [7, 11) is 0. The van der Waals surface area contributed by atoms with Crippen LogP contribution >= 0.6 is 11.3 Å². The third-order valence-corrected chi connectivity index (χ3v) is 7.24. The van der Waals surface area contributed by atoms with Gasteiger partial charge in [-0.1, -0.05) is 54.6 Å². The molecular weight excluding hydrogens is 432 g/mol. The number of benzene rings is 2. The zero-order valence-electron chi connectivity index (χ0n) is 17.7. The second-order valence-corrected chi connectivity index (χ2v) is 9.23. The molecule has 0 fully saturated rings. The normalized spacial score (nSPS) is 15.1. The zero-order chi connectivity index (χ0) is 22.4. The standard InChI is InChI=1S/C26H20N4O2S/c31-22(28-21-12-10-16-6-4-5-9-18(16)21)14-30-15-27-23-19-11-13-20(17-7-2-1-3-8-17)29-25(19)33-24(23)26(30)32/h1-9,11,13,15,21H,10,12,14H2,(H,28,31)/t21-/m1/s1. The summed E-state index contributed by atoms with van der Waals surface area (Å²) in [5, 5.41) is 3.93. The van der Waals surface area contributed by atoms with Crippen LogP contribution in [0.1, 0.15) is 23.6 Å². The van der Waals surface area contributed by atoms with Gasteiger partial charge in [-0.15, -0.1) is 11.3 Å². The van der Waals surface area contributed by atoms with Gasteiger partial charge in [-0.05, 0) is 36.1 Å². The fourth-order valence-corrected chi connectivity index (χ4v) is 5.61. The van der Waals surface area contributed by atoms with Crippen molar-refractivity contribution in [3.63, 3.8) is 0 Å². The molecule has 33 heavy (non-hydrogen) atoms. The Balaban J connectivity index is 1.29. The smallest absolute Gasteiger partial charge is 0.271 e. The summed E-state index contributed by atoms with van der Waals surface area (Å²) in [6.45, 7) is -0.0582. The van der Waals surface area contributed by atoms with Crippen LogP contribution in [0.2, 0.25) is 0 Å². The van der Waals surface area contributed by atoms with Gasteiger partial charge in [0.2, 0.25) is 5.91 Å². The SMILES string of the molecule is O=C(Cn1cnc2c(sc3nc(-c4ccccc4)ccc32)c1=O)N[C@@H]1CCc2ccccc21. The van der Waals surface area contributed by atoms with Crippen LogP contribution in [0.5, 0.6) is 0 Å². The van der Waals surface area contributed by atoms with Gasteiger partial charge in [0.15, 0.2) is 0 Å². The van der Waals surface area contributed by atoms with Gasteiger partial charge < -0.3 is 5.32 Å². The Labute approximate surface area is 193 Å². The van der Waals surface area contributed by atoms with E-state index in [1.54, 1.807) is 0 Å². The number of aryl methyl sites for hydroxylation is 1. The van der Waals surface area contributed by atoms with E-state index in [0.717, 1.165) is 39.9 Å². The molecule has 162 valence electrons. The van der Waals surface area contributed by atoms with Gasteiger partial charge in [0.05, 0.1) is 23.6 Å². The number of aromatic nitrogens is 3. The molecule has 1 atom stereocenters. The number of carbonyl (C=O) groups is 1. The quantitative estimate of drug-likeness (QED) is 0.436. The summed E-state index contributed by atoms with van der Waals surface area (Å²) in [5.74, 6) is -0.189. The highest BCUT2D eigenvalue weighted by atomic mass is 32.1. The molecule has 0 saturated heterocycles. The van der Waals surface area contributed by atoms with Crippen LogP contribution in [0.25, 0.3) is 31.7 Å². The molecule has 0 aliphatic heterocycles. The van der Waals surface area contributed by atoms with Gasteiger partial charge in [-0.25, -0.2) is 9.97 Å². The molecule has 0 unspecified atom stereocenters. The van der Waals surface area contributed by atoms with Gasteiger partial charge in [0, 0.05) is 10.9 Å². The Morgan fingerprint density at radius 3 is 2.76 bits per heavy atom. The highest BCUT2D eigenvalue weighted by molar-refractivity contribution is 7.25. The molecule has 1 N–H and O–H groups in total. The Bertz CT molecular complexity index is 1570. The van der Waals surface area contributed by atoms with Crippen LogP contribution in [0.15, 0.2) is 77.9 Å². The fourth-order valence-electron chi connectivity index (χ4n) is 4.53. The van der Waals surface area contributed by atoms with Gasteiger partial charge >= 0.3 is 0 Å². The van der Waals surface area contributed by atoms with Crippen molar-refractivity contribution in [2.24, 2.45) is 0 Å². The van der Waals surface area contributed by atoms with Crippen LogP contribution in [0, 0.1) is 0 Å². The molecule has 0 saturated carbocycles. The predicted octanol–water partition coefficient (Wildman–Crippen LogP) is 4.48. The number of rotatable bonds is 4. The molecule has 6 rings (SSSR count). The summed E-state index contributed by atoms with van der Waals surface area (Å²) >= 11 is 1.32. The van der Waals surface area contributed by atoms with Crippen molar-refractivity contribution in [2.75, 3.05) is 0 Å². The molecule has 1 aliphatic carbocycles. The lowest BCUT2D eigenvalue weighted by Crippen LogP contribution is -2.34. The molecule has 3 aromatic heterocycles. The third-order valence-electron chi connectivity index (χ3n) is 6.16. The molecule has 0 bridgehead atoms. The van der Waals surface area contributed by atoms with Crippen molar-refractivity contribution >= 4 is 37.7 Å². The molecular formula is C26H20N4O2S. The average molecular weight is 453 g/mol. The van der Waals surface area contributed by atoms with Crippen molar-refractivity contribution in [1.29, 1.82) is 0 Å². The molecule has 1 amide bonds. The van der Waals surface area contributed by atoms with Gasteiger partial charge in [0.1, 0.15) is 16.1 Å². The van der Waals surface area contributed by atoms with Crippen LogP contribution in [0.4, 0.5) is 0 Å². The molecule has 5 aromatic rings. The van der Waals surface area contributed by atoms with Crippen molar-refractivity contribution < 1.29 is 4.79 Å². The Morgan fingerprint density at radius 2 is 1.88 bits per heavy atom. The average Bonchev–Trinajstić information content (AvgIpc) is 3.43. The number of pyridine rings is 1. The number of hydrogen-bond donors (Lipinski definition) is 1. The van der Waals surface area contributed by atoms with E-state index >= 15 is 0 Å². The Hall–Kier alpha value is -3.84. The number of amides is 1. The highest BCUT2D eigenvalue weighted by Crippen LogP contribution is 2.32. The third kappa shape index (κ3) is 3.50. The van der Waals surface area contributed by atoms with Crippen LogP contribution in [-0.4, -0.2) is 20.4 Å². The van der Waals surface area contributed by atoms with E-state index in [4.69, 9.17) is 4.98 Å². The number of carbonyl (C=O) groups excluding carboxylic acids is 1. The molecule has 6 nitrogen and oxygen atoms in total. The van der Waals surface area contributed by atoms with E-state index < -0.39 is 0 Å². The molecule has 0 radical (unpaired) electrons. The van der Waals surface area contributed by atoms with Gasteiger partial charge in [-0.2, -0.15) is 0 Å². The lowest BCUT2D eigenvalue weighted by Gasteiger charge is -2.14.